The fourth-order valence-electron chi connectivity index (χ4n) is 1.55. The Labute approximate surface area is 113 Å². The van der Waals surface area contributed by atoms with Crippen LogP contribution >= 0.6 is 12.2 Å². The number of aliphatic carboxylic acids is 1. The Morgan fingerprint density at radius 1 is 1.26 bits per heavy atom. The van der Waals surface area contributed by atoms with Crippen molar-refractivity contribution in [3.63, 3.8) is 0 Å². The van der Waals surface area contributed by atoms with Gasteiger partial charge < -0.3 is 45.7 Å². The number of carboxylic acid groups (broad SMARTS) is 1. The largest absolute Gasteiger partial charge is 0.548 e. The van der Waals surface area contributed by atoms with Crippen molar-refractivity contribution in [1.82, 2.24) is 10.6 Å². The van der Waals surface area contributed by atoms with Crippen molar-refractivity contribution in [2.24, 2.45) is 0 Å². The Hall–Kier alpha value is -1.04. The number of aliphatic hydroxyl groups is 4. The fourth-order valence-corrected chi connectivity index (χ4v) is 1.74. The summed E-state index contributed by atoms with van der Waals surface area (Å²) in [5, 5.41) is 52.4. The molecule has 1 saturated heterocycles. The highest BCUT2D eigenvalue weighted by Gasteiger charge is 2.43. The molecule has 19 heavy (non-hydrogen) atoms. The van der Waals surface area contributed by atoms with Gasteiger partial charge in [0.05, 0.1) is 19.1 Å². The number of carbonyl (C=O) groups excluding carboxylic acids is 1. The van der Waals surface area contributed by atoms with Crippen molar-refractivity contribution in [3.05, 3.63) is 0 Å². The number of hydrogen-bond donors (Lipinski definition) is 6. The molecular formula is C9H15N2O7S-. The number of nitrogens with one attached hydrogen (secondary N) is 2. The topological polar surface area (TPSA) is 154 Å². The van der Waals surface area contributed by atoms with E-state index in [2.05, 4.69) is 10.6 Å². The molecule has 0 aromatic carbocycles. The lowest BCUT2D eigenvalue weighted by Crippen LogP contribution is -2.64. The minimum absolute atomic E-state index is 0.145. The van der Waals surface area contributed by atoms with E-state index in [1.165, 1.54) is 0 Å². The molecule has 1 fully saturated rings. The Bertz CT molecular complexity index is 341. The third kappa shape index (κ3) is 4.23. The molecule has 5 atom stereocenters. The van der Waals surface area contributed by atoms with Crippen LogP contribution in [0, 0.1) is 0 Å². The van der Waals surface area contributed by atoms with Crippen LogP contribution in [0.1, 0.15) is 0 Å². The van der Waals surface area contributed by atoms with Crippen molar-refractivity contribution >= 4 is 23.3 Å². The third-order valence-corrected chi connectivity index (χ3v) is 2.82. The van der Waals surface area contributed by atoms with Gasteiger partial charge in [0.1, 0.15) is 24.4 Å². The molecule has 1 rings (SSSR count). The molecule has 0 radical (unpaired) electrons. The van der Waals surface area contributed by atoms with Crippen LogP contribution in [0.2, 0.25) is 0 Å². The monoisotopic (exact) mass is 295 g/mol. The number of aliphatic hydroxyl groups excluding tert-OH is 4. The van der Waals surface area contributed by atoms with E-state index in [0.717, 1.165) is 0 Å². The van der Waals surface area contributed by atoms with Gasteiger partial charge in [-0.3, -0.25) is 0 Å². The maximum atomic E-state index is 10.2. The van der Waals surface area contributed by atoms with Crippen LogP contribution in [0.25, 0.3) is 0 Å². The van der Waals surface area contributed by atoms with Gasteiger partial charge >= 0.3 is 0 Å². The van der Waals surface area contributed by atoms with Gasteiger partial charge in [-0.05, 0) is 12.2 Å². The zero-order chi connectivity index (χ0) is 14.6. The molecule has 0 spiro atoms. The normalized spacial score (nSPS) is 34.6. The van der Waals surface area contributed by atoms with Crippen LogP contribution in [-0.2, 0) is 9.53 Å². The number of ether oxygens (including phenoxy) is 1. The first-order valence-corrected chi connectivity index (χ1v) is 5.82. The van der Waals surface area contributed by atoms with Gasteiger partial charge in [0.2, 0.25) is 0 Å². The molecule has 110 valence electrons. The zero-order valence-corrected chi connectivity index (χ0v) is 10.5. The van der Waals surface area contributed by atoms with Crippen molar-refractivity contribution in [3.8, 4) is 0 Å². The summed E-state index contributed by atoms with van der Waals surface area (Å²) >= 11 is 4.74. The van der Waals surface area contributed by atoms with Crippen LogP contribution in [0.4, 0.5) is 0 Å². The number of hydrogen-bond acceptors (Lipinski definition) is 8. The SMILES string of the molecule is O=C([O-])CNC(=S)N[C@@H]1O[C@H](CO)[C@@H](O)[C@H](O)[C@H]1O. The van der Waals surface area contributed by atoms with E-state index in [-0.39, 0.29) is 5.11 Å². The van der Waals surface area contributed by atoms with Gasteiger partial charge in [-0.2, -0.15) is 0 Å². The highest BCUT2D eigenvalue weighted by Crippen LogP contribution is 2.19. The highest BCUT2D eigenvalue weighted by molar-refractivity contribution is 7.80. The highest BCUT2D eigenvalue weighted by atomic mass is 32.1. The van der Waals surface area contributed by atoms with E-state index in [4.69, 9.17) is 22.1 Å². The first kappa shape index (κ1) is 16.0. The molecule has 0 saturated carbocycles. The molecule has 1 aliphatic rings. The maximum absolute atomic E-state index is 10.2. The number of rotatable bonds is 4. The molecule has 0 amide bonds. The van der Waals surface area contributed by atoms with Gasteiger partial charge in [-0.15, -0.1) is 0 Å². The zero-order valence-electron chi connectivity index (χ0n) is 9.72. The molecule has 0 aromatic heterocycles. The fraction of sp³-hybridized carbons (Fsp3) is 0.778. The molecule has 0 aromatic rings. The van der Waals surface area contributed by atoms with Crippen LogP contribution in [0.3, 0.4) is 0 Å². The summed E-state index contributed by atoms with van der Waals surface area (Å²) in [6, 6.07) is 0. The smallest absolute Gasteiger partial charge is 0.168 e. The standard InChI is InChI=1S/C9H16N2O7S/c12-2-3-5(15)6(16)7(17)8(18-3)11-9(19)10-1-4(13)14/h3,5-8,12,15-17H,1-2H2,(H,13,14)(H2,10,11,19)/p-1/t3-,5-,6+,7-,8-/m1/s1. The number of carboxylic acids is 1. The van der Waals surface area contributed by atoms with Gasteiger partial charge in [0, 0.05) is 0 Å². The van der Waals surface area contributed by atoms with Crippen LogP contribution in [0.5, 0.6) is 0 Å². The van der Waals surface area contributed by atoms with Gasteiger partial charge in [0.25, 0.3) is 0 Å². The Kier molecular flexibility index (Phi) is 5.85. The Morgan fingerprint density at radius 3 is 2.42 bits per heavy atom. The minimum atomic E-state index is -1.53. The first-order valence-electron chi connectivity index (χ1n) is 5.41. The Morgan fingerprint density at radius 2 is 1.89 bits per heavy atom. The summed E-state index contributed by atoms with van der Waals surface area (Å²) in [6.07, 6.45) is -6.77. The van der Waals surface area contributed by atoms with Gasteiger partial charge in [-0.25, -0.2) is 0 Å². The molecule has 9 nitrogen and oxygen atoms in total. The van der Waals surface area contributed by atoms with Gasteiger partial charge in [0.15, 0.2) is 11.3 Å². The van der Waals surface area contributed by atoms with Crippen LogP contribution in [-0.4, -0.2) is 75.3 Å². The molecule has 1 aliphatic heterocycles. The number of carbonyl (C=O) groups is 1. The lowest BCUT2D eigenvalue weighted by atomic mass is 9.98. The lowest BCUT2D eigenvalue weighted by Gasteiger charge is -2.40. The van der Waals surface area contributed by atoms with Crippen LogP contribution < -0.4 is 15.7 Å². The second-order valence-corrected chi connectivity index (χ2v) is 4.36. The average Bonchev–Trinajstić information content (AvgIpc) is 2.37. The number of thiocarbonyl (C=S) groups is 1. The molecule has 0 unspecified atom stereocenters. The predicted octanol–water partition coefficient (Wildman–Crippen LogP) is -5.00. The van der Waals surface area contributed by atoms with Gasteiger partial charge in [-0.1, -0.05) is 0 Å². The van der Waals surface area contributed by atoms with E-state index in [1.54, 1.807) is 0 Å². The van der Waals surface area contributed by atoms with E-state index in [9.17, 15) is 25.2 Å². The molecular weight excluding hydrogens is 280 g/mol. The predicted molar refractivity (Wildman–Crippen MR) is 62.5 cm³/mol. The summed E-state index contributed by atoms with van der Waals surface area (Å²) in [5.41, 5.74) is 0. The van der Waals surface area contributed by atoms with Crippen LogP contribution in [0.15, 0.2) is 0 Å². The van der Waals surface area contributed by atoms with Crippen molar-refractivity contribution in [1.29, 1.82) is 0 Å². The third-order valence-electron chi connectivity index (χ3n) is 2.56. The molecule has 0 aliphatic carbocycles. The molecule has 10 heteroatoms. The summed E-state index contributed by atoms with van der Waals surface area (Å²) in [4.78, 5) is 10.2. The maximum Gasteiger partial charge on any atom is 0.168 e. The summed E-state index contributed by atoms with van der Waals surface area (Å²) in [7, 11) is 0. The van der Waals surface area contributed by atoms with Crippen molar-refractivity contribution in [2.75, 3.05) is 13.2 Å². The van der Waals surface area contributed by atoms with E-state index in [1.807, 2.05) is 0 Å². The summed E-state index contributed by atoms with van der Waals surface area (Å²) < 4.78 is 5.10. The summed E-state index contributed by atoms with van der Waals surface area (Å²) in [6.45, 7) is -1.11. The van der Waals surface area contributed by atoms with Crippen molar-refractivity contribution < 1.29 is 35.1 Å². The Balaban J connectivity index is 2.56. The minimum Gasteiger partial charge on any atom is -0.548 e. The van der Waals surface area contributed by atoms with E-state index in [0.29, 0.717) is 0 Å². The second-order valence-electron chi connectivity index (χ2n) is 3.95. The quantitative estimate of drug-likeness (QED) is 0.278. The summed E-state index contributed by atoms with van der Waals surface area (Å²) in [5.74, 6) is -1.38. The van der Waals surface area contributed by atoms with E-state index >= 15 is 0 Å². The average molecular weight is 295 g/mol. The van der Waals surface area contributed by atoms with E-state index < -0.39 is 49.8 Å². The van der Waals surface area contributed by atoms with Crippen molar-refractivity contribution in [2.45, 2.75) is 30.6 Å². The second kappa shape index (κ2) is 6.93. The molecule has 6 N–H and O–H groups in total. The molecule has 0 bridgehead atoms. The first-order chi connectivity index (χ1) is 8.86. The molecule has 1 heterocycles. The lowest BCUT2D eigenvalue weighted by molar-refractivity contribution is -0.303.